The summed E-state index contributed by atoms with van der Waals surface area (Å²) in [6.45, 7) is 16.6. The minimum absolute atomic E-state index is 0.00558. The summed E-state index contributed by atoms with van der Waals surface area (Å²) in [7, 11) is 0.683. The van der Waals surface area contributed by atoms with E-state index in [4.69, 9.17) is 28.0 Å². The Morgan fingerprint density at radius 2 is 1.50 bits per heavy atom. The van der Waals surface area contributed by atoms with E-state index >= 15 is 0 Å². The van der Waals surface area contributed by atoms with Crippen molar-refractivity contribution >= 4 is 22.2 Å². The summed E-state index contributed by atoms with van der Waals surface area (Å²) >= 11 is 0. The van der Waals surface area contributed by atoms with Crippen LogP contribution in [-0.4, -0.2) is 83.6 Å². The predicted octanol–water partition coefficient (Wildman–Crippen LogP) is 3.27. The van der Waals surface area contributed by atoms with Crippen molar-refractivity contribution in [3.05, 3.63) is 0 Å². The summed E-state index contributed by atoms with van der Waals surface area (Å²) in [5.41, 5.74) is 0. The van der Waals surface area contributed by atoms with Crippen LogP contribution in [0.25, 0.3) is 0 Å². The summed E-state index contributed by atoms with van der Waals surface area (Å²) in [5.74, 6) is 0.257. The molecule has 9 atom stereocenters. The van der Waals surface area contributed by atoms with E-state index in [0.717, 1.165) is 0 Å². The van der Waals surface area contributed by atoms with Crippen LogP contribution in [0, 0.1) is 11.8 Å². The molecular weight excluding hydrogens is 405 g/mol. The molecule has 0 amide bonds. The molecule has 0 N–H and O–H groups in total. The van der Waals surface area contributed by atoms with Gasteiger partial charge in [-0.3, -0.25) is 4.57 Å². The van der Waals surface area contributed by atoms with Gasteiger partial charge in [-0.05, 0) is 20.8 Å². The van der Waals surface area contributed by atoms with E-state index in [1.165, 1.54) is 6.66 Å². The number of hydrogen-bond acceptors (Lipinski definition) is 7. The first-order valence-electron chi connectivity index (χ1n) is 11.2. The van der Waals surface area contributed by atoms with Crippen molar-refractivity contribution in [2.45, 2.75) is 90.8 Å². The Hall–Kier alpha value is 0.120. The van der Waals surface area contributed by atoms with Crippen LogP contribution in [0.15, 0.2) is 0 Å². The van der Waals surface area contributed by atoms with Crippen molar-refractivity contribution in [1.82, 2.24) is 0 Å². The van der Waals surface area contributed by atoms with Crippen LogP contribution in [0.5, 0.6) is 0 Å². The number of rotatable bonds is 12. The van der Waals surface area contributed by atoms with Gasteiger partial charge >= 0.3 is 7.60 Å². The third-order valence-corrected chi connectivity index (χ3v) is 7.11. The molecule has 2 radical (unpaired) electrons. The lowest BCUT2D eigenvalue weighted by Crippen LogP contribution is -2.34. The monoisotopic (exact) mass is 444 g/mol. The van der Waals surface area contributed by atoms with Gasteiger partial charge in [0, 0.05) is 37.1 Å². The summed E-state index contributed by atoms with van der Waals surface area (Å²) in [5, 5.41) is 0. The first kappa shape index (κ1) is 26.4. The second-order valence-electron chi connectivity index (χ2n) is 8.60. The van der Waals surface area contributed by atoms with Gasteiger partial charge in [-0.2, -0.15) is 0 Å². The Bertz CT molecular complexity index is 567. The fourth-order valence-corrected chi connectivity index (χ4v) is 5.50. The number of hydrogen-bond donors (Lipinski definition) is 0. The van der Waals surface area contributed by atoms with Crippen LogP contribution >= 0.6 is 7.60 Å². The molecule has 0 spiro atoms. The maximum absolute atomic E-state index is 13.2. The molecule has 2 fully saturated rings. The normalized spacial score (nSPS) is 38.7. The van der Waals surface area contributed by atoms with Crippen LogP contribution < -0.4 is 0 Å². The highest BCUT2D eigenvalue weighted by atomic mass is 31.2. The highest BCUT2D eigenvalue weighted by Gasteiger charge is 2.46. The summed E-state index contributed by atoms with van der Waals surface area (Å²) in [6.07, 6.45) is -0.968. The molecule has 10 heteroatoms. The standard InChI is InChI=1S/C20H39B2O7P/c1-9-24-17-13(4)19(21-6)28-16(17)11-26-30(8,23)29-18-14(5)20(22-7)27-15(18)10-25-12(2)3/h12-20H,9-11H2,1-8H3/t13?,14?,15-,16-,17-,18-,19-,20-,30?/m1/s1. The summed E-state index contributed by atoms with van der Waals surface area (Å²) in [6, 6.07) is -0.0769. The maximum atomic E-state index is 13.2. The quantitative estimate of drug-likeness (QED) is 0.338. The average Bonchev–Trinajstić information content (AvgIpc) is 3.15. The van der Waals surface area contributed by atoms with Gasteiger partial charge in [-0.25, -0.2) is 0 Å². The predicted molar refractivity (Wildman–Crippen MR) is 120 cm³/mol. The Kier molecular flexibility index (Phi) is 10.4. The highest BCUT2D eigenvalue weighted by molar-refractivity contribution is 7.53. The molecule has 0 aromatic carbocycles. The van der Waals surface area contributed by atoms with Crippen LogP contribution in [-0.2, 0) is 32.6 Å². The molecule has 3 unspecified atom stereocenters. The zero-order valence-electron chi connectivity index (χ0n) is 19.8. The number of ether oxygens (including phenoxy) is 4. The molecule has 0 aromatic rings. The minimum atomic E-state index is -3.34. The molecule has 7 nitrogen and oxygen atoms in total. The van der Waals surface area contributed by atoms with E-state index in [0.29, 0.717) is 13.2 Å². The van der Waals surface area contributed by atoms with Gasteiger partial charge in [0.05, 0.1) is 31.5 Å². The Balaban J connectivity index is 1.99. The molecule has 0 bridgehead atoms. The van der Waals surface area contributed by atoms with Gasteiger partial charge in [0.1, 0.15) is 26.8 Å². The summed E-state index contributed by atoms with van der Waals surface area (Å²) < 4.78 is 48.8. The lowest BCUT2D eigenvalue weighted by Gasteiger charge is -2.27. The Morgan fingerprint density at radius 3 is 2.00 bits per heavy atom. The van der Waals surface area contributed by atoms with Gasteiger partial charge in [0.15, 0.2) is 0 Å². The second kappa shape index (κ2) is 11.8. The Morgan fingerprint density at radius 1 is 0.967 bits per heavy atom. The van der Waals surface area contributed by atoms with Gasteiger partial charge in [0.25, 0.3) is 0 Å². The molecule has 0 saturated carbocycles. The van der Waals surface area contributed by atoms with E-state index in [2.05, 4.69) is 6.92 Å². The molecular formula is C20H39B2O7P. The molecule has 172 valence electrons. The molecule has 2 aliphatic rings. The first-order valence-corrected chi connectivity index (χ1v) is 13.2. The zero-order chi connectivity index (χ0) is 22.5. The fraction of sp³-hybridized carbons (Fsp3) is 1.00. The molecule has 2 heterocycles. The average molecular weight is 444 g/mol. The van der Waals surface area contributed by atoms with E-state index in [1.807, 2.05) is 55.9 Å². The van der Waals surface area contributed by atoms with E-state index in [9.17, 15) is 4.57 Å². The third-order valence-electron chi connectivity index (χ3n) is 5.87. The van der Waals surface area contributed by atoms with E-state index in [1.54, 1.807) is 0 Å². The second-order valence-corrected chi connectivity index (χ2v) is 10.6. The largest absolute Gasteiger partial charge is 0.378 e. The van der Waals surface area contributed by atoms with Crippen LogP contribution in [0.4, 0.5) is 0 Å². The van der Waals surface area contributed by atoms with Gasteiger partial charge in [-0.1, -0.05) is 27.5 Å². The van der Waals surface area contributed by atoms with Crippen molar-refractivity contribution in [1.29, 1.82) is 0 Å². The van der Waals surface area contributed by atoms with Crippen LogP contribution in [0.2, 0.25) is 13.6 Å². The molecule has 2 rings (SSSR count). The smallest absolute Gasteiger partial charge is 0.328 e. The Labute approximate surface area is 184 Å². The summed E-state index contributed by atoms with van der Waals surface area (Å²) in [4.78, 5) is 0. The molecule has 0 aromatic heterocycles. The molecule has 30 heavy (non-hydrogen) atoms. The van der Waals surface area contributed by atoms with Gasteiger partial charge in [0.2, 0.25) is 0 Å². The molecule has 2 aliphatic heterocycles. The first-order chi connectivity index (χ1) is 14.1. The van der Waals surface area contributed by atoms with Crippen molar-refractivity contribution in [2.75, 3.05) is 26.5 Å². The van der Waals surface area contributed by atoms with Gasteiger partial charge in [-0.15, -0.1) is 0 Å². The lowest BCUT2D eigenvalue weighted by molar-refractivity contribution is -0.0506. The fourth-order valence-electron chi connectivity index (χ4n) is 4.25. The molecule has 0 aliphatic carbocycles. The van der Waals surface area contributed by atoms with E-state index in [-0.39, 0.29) is 61.0 Å². The zero-order valence-corrected chi connectivity index (χ0v) is 20.7. The SMILES string of the molecule is C[B][C@@H]1O[C@H](COP(C)(=O)O[C@@H]2C(C)[C@H]([B]C)O[C@@H]2COC(C)C)[C@H](OCC)C1C. The maximum Gasteiger partial charge on any atom is 0.328 e. The highest BCUT2D eigenvalue weighted by Crippen LogP contribution is 2.49. The van der Waals surface area contributed by atoms with Crippen LogP contribution in [0.1, 0.15) is 34.6 Å². The topological polar surface area (TPSA) is 72.5 Å². The van der Waals surface area contributed by atoms with Gasteiger partial charge < -0.3 is 28.0 Å². The molecule has 2 saturated heterocycles. The third kappa shape index (κ3) is 6.81. The van der Waals surface area contributed by atoms with Crippen LogP contribution in [0.3, 0.4) is 0 Å². The van der Waals surface area contributed by atoms with Crippen molar-refractivity contribution in [2.24, 2.45) is 11.8 Å². The van der Waals surface area contributed by atoms with Crippen molar-refractivity contribution in [3.8, 4) is 0 Å². The van der Waals surface area contributed by atoms with Crippen molar-refractivity contribution in [3.63, 3.8) is 0 Å². The van der Waals surface area contributed by atoms with Crippen molar-refractivity contribution < 1.29 is 32.6 Å². The minimum Gasteiger partial charge on any atom is -0.378 e. The lowest BCUT2D eigenvalue weighted by atomic mass is 9.69. The van der Waals surface area contributed by atoms with E-state index < -0.39 is 7.60 Å².